The van der Waals surface area contributed by atoms with Crippen LogP contribution in [0.25, 0.3) is 0 Å². The van der Waals surface area contributed by atoms with E-state index in [1.165, 1.54) is 6.07 Å². The number of hydrogen-bond donors (Lipinski definition) is 0. The molecule has 0 aromatic heterocycles. The van der Waals surface area contributed by atoms with Gasteiger partial charge in [-0.2, -0.15) is 0 Å². The molecule has 0 aliphatic heterocycles. The topological polar surface area (TPSA) is 60.2 Å². The average molecular weight is 226 g/mol. The van der Waals surface area contributed by atoms with Gasteiger partial charge in [0.25, 0.3) is 5.69 Å². The number of aryl methyl sites for hydroxylation is 1. The molecule has 1 aromatic carbocycles. The van der Waals surface area contributed by atoms with Crippen LogP contribution in [-0.2, 0) is 6.42 Å². The Morgan fingerprint density at radius 2 is 2.07 bits per heavy atom. The zero-order chi connectivity index (χ0) is 11.0. The number of Topliss-reactive ketones (excluding diaryl/α,β-unsaturated/α-hetero) is 1. The molecule has 0 unspecified atom stereocenters. The Hall–Kier alpha value is -1.42. The molecule has 0 saturated heterocycles. The molecule has 1 aromatic rings. The smallest absolute Gasteiger partial charge is 0.288 e. The summed E-state index contributed by atoms with van der Waals surface area (Å²) in [6.45, 7) is 0. The van der Waals surface area contributed by atoms with Crippen LogP contribution in [-0.4, -0.2) is 10.7 Å². The second-order valence-corrected chi connectivity index (χ2v) is 3.84. The van der Waals surface area contributed by atoms with Gasteiger partial charge < -0.3 is 0 Å². The van der Waals surface area contributed by atoms with Gasteiger partial charge in [0.05, 0.1) is 4.92 Å². The number of nitro groups is 1. The number of halogens is 1. The molecule has 2 rings (SSSR count). The first kappa shape index (κ1) is 10.1. The summed E-state index contributed by atoms with van der Waals surface area (Å²) in [4.78, 5) is 21.6. The summed E-state index contributed by atoms with van der Waals surface area (Å²) >= 11 is 5.85. The Labute approximate surface area is 91.0 Å². The van der Waals surface area contributed by atoms with Gasteiger partial charge in [-0.3, -0.25) is 14.9 Å². The molecular weight excluding hydrogens is 218 g/mol. The molecular formula is C10H8ClNO3. The molecule has 0 heterocycles. The molecule has 0 bridgehead atoms. The molecule has 0 fully saturated rings. The lowest BCUT2D eigenvalue weighted by molar-refractivity contribution is -0.384. The number of nitro benzene ring substituents is 1. The third-order valence-corrected chi connectivity index (χ3v) is 2.92. The van der Waals surface area contributed by atoms with Crippen LogP contribution in [0.1, 0.15) is 28.8 Å². The Morgan fingerprint density at radius 3 is 2.73 bits per heavy atom. The Balaban J connectivity index is 2.64. The molecule has 0 saturated carbocycles. The van der Waals surface area contributed by atoms with Crippen LogP contribution in [0.3, 0.4) is 0 Å². The van der Waals surface area contributed by atoms with E-state index in [2.05, 4.69) is 0 Å². The van der Waals surface area contributed by atoms with Crippen molar-refractivity contribution in [3.63, 3.8) is 0 Å². The number of nitrogens with zero attached hydrogens (tertiary/aromatic N) is 1. The second kappa shape index (κ2) is 3.62. The second-order valence-electron chi connectivity index (χ2n) is 3.47. The third kappa shape index (κ3) is 1.61. The number of benzene rings is 1. The van der Waals surface area contributed by atoms with Gasteiger partial charge in [0, 0.05) is 18.1 Å². The molecule has 1 aliphatic rings. The van der Waals surface area contributed by atoms with Crippen molar-refractivity contribution in [1.29, 1.82) is 0 Å². The number of fused-ring (bicyclic) bond motifs is 1. The molecule has 5 heteroatoms. The van der Waals surface area contributed by atoms with Gasteiger partial charge in [0.1, 0.15) is 5.02 Å². The van der Waals surface area contributed by atoms with Gasteiger partial charge in [0.15, 0.2) is 5.78 Å². The summed E-state index contributed by atoms with van der Waals surface area (Å²) in [5.74, 6) is -0.0926. The minimum absolute atomic E-state index is 0.0119. The van der Waals surface area contributed by atoms with Gasteiger partial charge in [-0.1, -0.05) is 17.7 Å². The van der Waals surface area contributed by atoms with E-state index in [4.69, 9.17) is 11.6 Å². The van der Waals surface area contributed by atoms with Crippen LogP contribution in [0, 0.1) is 10.1 Å². The number of rotatable bonds is 1. The lowest BCUT2D eigenvalue weighted by atomic mass is 9.90. The third-order valence-electron chi connectivity index (χ3n) is 2.53. The van der Waals surface area contributed by atoms with Gasteiger partial charge in [0.2, 0.25) is 0 Å². The number of carbonyl (C=O) groups excluding carboxylic acids is 1. The maximum Gasteiger partial charge on any atom is 0.288 e. The quantitative estimate of drug-likeness (QED) is 0.545. The molecule has 0 N–H and O–H groups in total. The maximum atomic E-state index is 11.6. The van der Waals surface area contributed by atoms with E-state index in [-0.39, 0.29) is 16.5 Å². The minimum atomic E-state index is -0.565. The zero-order valence-electron chi connectivity index (χ0n) is 7.83. The van der Waals surface area contributed by atoms with E-state index in [0.29, 0.717) is 12.0 Å². The van der Waals surface area contributed by atoms with E-state index >= 15 is 0 Å². The highest BCUT2D eigenvalue weighted by Crippen LogP contribution is 2.34. The molecule has 0 amide bonds. The highest BCUT2D eigenvalue weighted by atomic mass is 35.5. The van der Waals surface area contributed by atoms with Crippen molar-refractivity contribution >= 4 is 23.1 Å². The van der Waals surface area contributed by atoms with Crippen molar-refractivity contribution in [3.8, 4) is 0 Å². The number of carbonyl (C=O) groups is 1. The molecule has 1 aliphatic carbocycles. The number of hydrogen-bond acceptors (Lipinski definition) is 3. The molecule has 0 radical (unpaired) electrons. The summed E-state index contributed by atoms with van der Waals surface area (Å²) in [7, 11) is 0. The fraction of sp³-hybridized carbons (Fsp3) is 0.300. The van der Waals surface area contributed by atoms with Gasteiger partial charge in [-0.25, -0.2) is 0 Å². The van der Waals surface area contributed by atoms with E-state index in [1.54, 1.807) is 6.07 Å². The molecule has 0 spiro atoms. The largest absolute Gasteiger partial charge is 0.294 e. The van der Waals surface area contributed by atoms with Crippen LogP contribution in [0.15, 0.2) is 12.1 Å². The predicted molar refractivity (Wildman–Crippen MR) is 55.4 cm³/mol. The first-order valence-corrected chi connectivity index (χ1v) is 4.98. The van der Waals surface area contributed by atoms with Crippen molar-refractivity contribution in [1.82, 2.24) is 0 Å². The van der Waals surface area contributed by atoms with Crippen molar-refractivity contribution in [2.24, 2.45) is 0 Å². The Kier molecular flexibility index (Phi) is 2.44. The summed E-state index contributed by atoms with van der Waals surface area (Å²) in [6, 6.07) is 2.98. The number of ketones is 1. The van der Waals surface area contributed by atoms with E-state index in [9.17, 15) is 14.9 Å². The van der Waals surface area contributed by atoms with Crippen LogP contribution in [0.5, 0.6) is 0 Å². The standard InChI is InChI=1S/C10H8ClNO3/c11-10-7(12(14)15)5-4-6-2-1-3-8(13)9(6)10/h4-5H,1-3H2. The zero-order valence-corrected chi connectivity index (χ0v) is 8.58. The normalized spacial score (nSPS) is 14.9. The van der Waals surface area contributed by atoms with E-state index in [0.717, 1.165) is 18.4 Å². The summed E-state index contributed by atoms with van der Waals surface area (Å²) in [5.41, 5.74) is 0.977. The van der Waals surface area contributed by atoms with E-state index < -0.39 is 4.92 Å². The predicted octanol–water partition coefficient (Wildman–Crippen LogP) is 2.77. The van der Waals surface area contributed by atoms with Crippen molar-refractivity contribution in [3.05, 3.63) is 38.4 Å². The van der Waals surface area contributed by atoms with Crippen LogP contribution in [0.4, 0.5) is 5.69 Å². The fourth-order valence-electron chi connectivity index (χ4n) is 1.82. The molecule has 4 nitrogen and oxygen atoms in total. The summed E-state index contributed by atoms with van der Waals surface area (Å²) < 4.78 is 0. The lowest BCUT2D eigenvalue weighted by Crippen LogP contribution is -2.12. The fourth-order valence-corrected chi connectivity index (χ4v) is 2.18. The summed E-state index contributed by atoms with van der Waals surface area (Å²) in [6.07, 6.45) is 1.98. The van der Waals surface area contributed by atoms with Crippen LogP contribution >= 0.6 is 11.6 Å². The summed E-state index contributed by atoms with van der Waals surface area (Å²) in [5, 5.41) is 10.6. The average Bonchev–Trinajstić information content (AvgIpc) is 2.17. The van der Waals surface area contributed by atoms with Gasteiger partial charge in [-0.05, 0) is 18.4 Å². The Morgan fingerprint density at radius 1 is 1.33 bits per heavy atom. The van der Waals surface area contributed by atoms with Crippen molar-refractivity contribution in [2.45, 2.75) is 19.3 Å². The highest BCUT2D eigenvalue weighted by molar-refractivity contribution is 6.36. The highest BCUT2D eigenvalue weighted by Gasteiger charge is 2.25. The minimum Gasteiger partial charge on any atom is -0.294 e. The molecule has 0 atom stereocenters. The van der Waals surface area contributed by atoms with Crippen molar-refractivity contribution in [2.75, 3.05) is 0 Å². The van der Waals surface area contributed by atoms with E-state index in [1.807, 2.05) is 0 Å². The monoisotopic (exact) mass is 225 g/mol. The van der Waals surface area contributed by atoms with Gasteiger partial charge in [-0.15, -0.1) is 0 Å². The van der Waals surface area contributed by atoms with Crippen molar-refractivity contribution < 1.29 is 9.72 Å². The molecule has 78 valence electrons. The first-order chi connectivity index (χ1) is 7.11. The Bertz CT molecular complexity index is 456. The first-order valence-electron chi connectivity index (χ1n) is 4.60. The molecule has 15 heavy (non-hydrogen) atoms. The SMILES string of the molecule is O=C1CCCc2ccc([N+](=O)[O-])c(Cl)c21. The van der Waals surface area contributed by atoms with Gasteiger partial charge >= 0.3 is 0 Å². The maximum absolute atomic E-state index is 11.6. The van der Waals surface area contributed by atoms with Crippen LogP contribution < -0.4 is 0 Å². The lowest BCUT2D eigenvalue weighted by Gasteiger charge is -2.15. The van der Waals surface area contributed by atoms with Crippen LogP contribution in [0.2, 0.25) is 5.02 Å².